The van der Waals surface area contributed by atoms with Crippen molar-refractivity contribution in [2.24, 2.45) is 0 Å². The topological polar surface area (TPSA) is 53.6 Å². The lowest BCUT2D eigenvalue weighted by atomic mass is 10.1. The monoisotopic (exact) mass is 274 g/mol. The Bertz CT molecular complexity index is 572. The van der Waals surface area contributed by atoms with E-state index in [0.717, 1.165) is 12.1 Å². The summed E-state index contributed by atoms with van der Waals surface area (Å²) in [6.07, 6.45) is 3.71. The summed E-state index contributed by atoms with van der Waals surface area (Å²) in [5.74, 6) is 0. The molecule has 2 aromatic rings. The molecule has 19 heavy (non-hydrogen) atoms. The summed E-state index contributed by atoms with van der Waals surface area (Å²) in [6.45, 7) is 3.58. The SMILES string of the molecule is CC(Cn1cccn1)NCc1ccc(C#N)cc1Cl. The van der Waals surface area contributed by atoms with E-state index in [-0.39, 0.29) is 6.04 Å². The van der Waals surface area contributed by atoms with Crippen LogP contribution in [-0.2, 0) is 13.1 Å². The first kappa shape index (κ1) is 13.6. The fraction of sp³-hybridized carbons (Fsp3) is 0.286. The van der Waals surface area contributed by atoms with E-state index in [0.29, 0.717) is 17.1 Å². The first-order valence-electron chi connectivity index (χ1n) is 6.08. The minimum absolute atomic E-state index is 0.284. The molecule has 1 aromatic heterocycles. The predicted octanol–water partition coefficient (Wildman–Crippen LogP) is 2.59. The summed E-state index contributed by atoms with van der Waals surface area (Å²) < 4.78 is 1.89. The number of nitriles is 1. The summed E-state index contributed by atoms with van der Waals surface area (Å²) in [6, 6.07) is 9.62. The highest BCUT2D eigenvalue weighted by Gasteiger charge is 2.06. The fourth-order valence-corrected chi connectivity index (χ4v) is 2.05. The molecule has 4 nitrogen and oxygen atoms in total. The average molecular weight is 275 g/mol. The number of hydrogen-bond donors (Lipinski definition) is 1. The molecule has 0 fully saturated rings. The van der Waals surface area contributed by atoms with E-state index in [1.54, 1.807) is 18.3 Å². The lowest BCUT2D eigenvalue weighted by Gasteiger charge is -2.14. The molecule has 98 valence electrons. The van der Waals surface area contributed by atoms with Gasteiger partial charge in [-0.1, -0.05) is 17.7 Å². The van der Waals surface area contributed by atoms with Gasteiger partial charge < -0.3 is 5.32 Å². The van der Waals surface area contributed by atoms with Gasteiger partial charge in [-0.05, 0) is 30.7 Å². The normalized spacial score (nSPS) is 12.1. The maximum Gasteiger partial charge on any atom is 0.0992 e. The summed E-state index contributed by atoms with van der Waals surface area (Å²) in [4.78, 5) is 0. The number of hydrogen-bond acceptors (Lipinski definition) is 3. The van der Waals surface area contributed by atoms with Crippen molar-refractivity contribution in [3.05, 3.63) is 52.8 Å². The number of nitrogens with one attached hydrogen (secondary N) is 1. The second-order valence-electron chi connectivity index (χ2n) is 4.43. The highest BCUT2D eigenvalue weighted by Crippen LogP contribution is 2.17. The minimum Gasteiger partial charge on any atom is -0.308 e. The molecule has 0 radical (unpaired) electrons. The molecular formula is C14H15ClN4. The molecule has 0 amide bonds. The van der Waals surface area contributed by atoms with Crippen LogP contribution in [0.1, 0.15) is 18.1 Å². The van der Waals surface area contributed by atoms with Crippen LogP contribution in [0, 0.1) is 11.3 Å². The summed E-state index contributed by atoms with van der Waals surface area (Å²) in [7, 11) is 0. The van der Waals surface area contributed by atoms with Gasteiger partial charge in [0.1, 0.15) is 0 Å². The van der Waals surface area contributed by atoms with Crippen molar-refractivity contribution in [3.8, 4) is 6.07 Å². The molecule has 1 aromatic carbocycles. The van der Waals surface area contributed by atoms with E-state index < -0.39 is 0 Å². The third kappa shape index (κ3) is 3.82. The zero-order valence-corrected chi connectivity index (χ0v) is 11.4. The van der Waals surface area contributed by atoms with Crippen LogP contribution < -0.4 is 5.32 Å². The molecule has 0 spiro atoms. The van der Waals surface area contributed by atoms with Crippen molar-refractivity contribution in [3.63, 3.8) is 0 Å². The molecule has 0 bridgehead atoms. The number of halogens is 1. The van der Waals surface area contributed by atoms with Gasteiger partial charge in [-0.15, -0.1) is 0 Å². The molecular weight excluding hydrogens is 260 g/mol. The van der Waals surface area contributed by atoms with Crippen molar-refractivity contribution < 1.29 is 0 Å². The molecule has 0 aliphatic carbocycles. The molecule has 1 atom stereocenters. The predicted molar refractivity (Wildman–Crippen MR) is 74.7 cm³/mol. The highest BCUT2D eigenvalue weighted by atomic mass is 35.5. The summed E-state index contributed by atoms with van der Waals surface area (Å²) in [5, 5.41) is 17.0. The van der Waals surface area contributed by atoms with Crippen LogP contribution in [-0.4, -0.2) is 15.8 Å². The van der Waals surface area contributed by atoms with Crippen LogP contribution in [0.4, 0.5) is 0 Å². The lowest BCUT2D eigenvalue weighted by Crippen LogP contribution is -2.30. The van der Waals surface area contributed by atoms with Crippen LogP contribution in [0.15, 0.2) is 36.7 Å². The van der Waals surface area contributed by atoms with Crippen LogP contribution in [0.3, 0.4) is 0 Å². The molecule has 2 rings (SSSR count). The zero-order chi connectivity index (χ0) is 13.7. The van der Waals surface area contributed by atoms with E-state index in [9.17, 15) is 0 Å². The second-order valence-corrected chi connectivity index (χ2v) is 4.84. The van der Waals surface area contributed by atoms with E-state index >= 15 is 0 Å². The van der Waals surface area contributed by atoms with Gasteiger partial charge in [0.25, 0.3) is 0 Å². The first-order chi connectivity index (χ1) is 9.19. The van der Waals surface area contributed by atoms with Gasteiger partial charge in [0.15, 0.2) is 0 Å². The van der Waals surface area contributed by atoms with Crippen molar-refractivity contribution >= 4 is 11.6 Å². The Kier molecular flexibility index (Phi) is 4.56. The van der Waals surface area contributed by atoms with Gasteiger partial charge in [-0.2, -0.15) is 10.4 Å². The molecule has 1 N–H and O–H groups in total. The van der Waals surface area contributed by atoms with E-state index in [4.69, 9.17) is 16.9 Å². The van der Waals surface area contributed by atoms with Crippen molar-refractivity contribution in [1.82, 2.24) is 15.1 Å². The van der Waals surface area contributed by atoms with E-state index in [1.165, 1.54) is 0 Å². The van der Waals surface area contributed by atoms with Gasteiger partial charge in [-0.3, -0.25) is 4.68 Å². The molecule has 1 unspecified atom stereocenters. The summed E-state index contributed by atoms with van der Waals surface area (Å²) in [5.41, 5.74) is 1.58. The van der Waals surface area contributed by atoms with Crippen LogP contribution >= 0.6 is 11.6 Å². The van der Waals surface area contributed by atoms with Crippen molar-refractivity contribution in [2.45, 2.75) is 26.1 Å². The van der Waals surface area contributed by atoms with Gasteiger partial charge in [-0.25, -0.2) is 0 Å². The molecule has 5 heteroatoms. The highest BCUT2D eigenvalue weighted by molar-refractivity contribution is 6.31. The smallest absolute Gasteiger partial charge is 0.0992 e. The Morgan fingerprint density at radius 1 is 1.53 bits per heavy atom. The van der Waals surface area contributed by atoms with Crippen LogP contribution in [0.2, 0.25) is 5.02 Å². The number of rotatable bonds is 5. The molecule has 0 saturated heterocycles. The van der Waals surface area contributed by atoms with Crippen LogP contribution in [0.5, 0.6) is 0 Å². The molecule has 0 saturated carbocycles. The quantitative estimate of drug-likeness (QED) is 0.912. The van der Waals surface area contributed by atoms with E-state index in [2.05, 4.69) is 23.4 Å². The van der Waals surface area contributed by atoms with Gasteiger partial charge in [0.05, 0.1) is 18.2 Å². The van der Waals surface area contributed by atoms with Crippen LogP contribution in [0.25, 0.3) is 0 Å². The Balaban J connectivity index is 1.90. The number of aromatic nitrogens is 2. The summed E-state index contributed by atoms with van der Waals surface area (Å²) >= 11 is 6.13. The van der Waals surface area contributed by atoms with Gasteiger partial charge in [0, 0.05) is 30.0 Å². The van der Waals surface area contributed by atoms with Gasteiger partial charge in [0.2, 0.25) is 0 Å². The lowest BCUT2D eigenvalue weighted by molar-refractivity contribution is 0.451. The maximum atomic E-state index is 8.78. The largest absolute Gasteiger partial charge is 0.308 e. The molecule has 1 heterocycles. The molecule has 0 aliphatic heterocycles. The maximum absolute atomic E-state index is 8.78. The van der Waals surface area contributed by atoms with E-state index in [1.807, 2.05) is 23.0 Å². The number of nitrogens with zero attached hydrogens (tertiary/aromatic N) is 3. The van der Waals surface area contributed by atoms with Crippen molar-refractivity contribution in [1.29, 1.82) is 5.26 Å². The Hall–Kier alpha value is -1.83. The Labute approximate surface area is 117 Å². The first-order valence-corrected chi connectivity index (χ1v) is 6.46. The third-order valence-electron chi connectivity index (χ3n) is 2.84. The standard InChI is InChI=1S/C14H15ClN4/c1-11(10-19-6-2-5-18-19)17-9-13-4-3-12(8-16)7-14(13)15/h2-7,11,17H,9-10H2,1H3. The fourth-order valence-electron chi connectivity index (χ4n) is 1.80. The third-order valence-corrected chi connectivity index (χ3v) is 3.20. The van der Waals surface area contributed by atoms with Gasteiger partial charge >= 0.3 is 0 Å². The minimum atomic E-state index is 0.284. The Morgan fingerprint density at radius 2 is 2.37 bits per heavy atom. The number of benzene rings is 1. The Morgan fingerprint density at radius 3 is 3.00 bits per heavy atom. The second kappa shape index (κ2) is 6.37. The average Bonchev–Trinajstić information content (AvgIpc) is 2.90. The molecule has 0 aliphatic rings. The zero-order valence-electron chi connectivity index (χ0n) is 10.7. The van der Waals surface area contributed by atoms with Crippen molar-refractivity contribution in [2.75, 3.05) is 0 Å².